The summed E-state index contributed by atoms with van der Waals surface area (Å²) in [5.74, 6) is 0. The summed E-state index contributed by atoms with van der Waals surface area (Å²) in [6, 6.07) is 12.0. The maximum Gasteiger partial charge on any atom is 0.489 e. The monoisotopic (exact) mass is 354 g/mol. The molecular weight excluding hydrogens is 329 g/mol. The van der Waals surface area contributed by atoms with Crippen LogP contribution in [0.15, 0.2) is 36.4 Å². The van der Waals surface area contributed by atoms with Gasteiger partial charge in [-0.2, -0.15) is 9.63 Å². The number of benzene rings is 2. The quantitative estimate of drug-likeness (QED) is 0.256. The summed E-state index contributed by atoms with van der Waals surface area (Å²) in [6.45, 7) is 1.29. The lowest BCUT2D eigenvalue weighted by Crippen LogP contribution is -2.41. The number of hydrogen-bond acceptors (Lipinski definition) is 5. The van der Waals surface area contributed by atoms with Gasteiger partial charge in [-0.25, -0.2) is 0 Å². The van der Waals surface area contributed by atoms with Gasteiger partial charge >= 0.3 is 7.12 Å². The second-order valence-corrected chi connectivity index (χ2v) is 6.50. The number of nitrogens with one attached hydrogen (secondary N) is 1. The van der Waals surface area contributed by atoms with Gasteiger partial charge < -0.3 is 20.2 Å². The zero-order valence-corrected chi connectivity index (χ0v) is 15.7. The van der Waals surface area contributed by atoms with Crippen LogP contribution in [0.2, 0.25) is 0 Å². The molecule has 0 bridgehead atoms. The number of pyridine rings is 1. The summed E-state index contributed by atoms with van der Waals surface area (Å²) in [5.41, 5.74) is 3.72. The second-order valence-electron chi connectivity index (χ2n) is 6.50. The third-order valence-electron chi connectivity index (χ3n) is 4.85. The van der Waals surface area contributed by atoms with Crippen LogP contribution in [-0.2, 0) is 25.0 Å². The standard InChI is InChI=1S/C19H25BN3O3/c1-21-11-13-8-9-17-15(10-13)14-6-5-7-16(20(24)25)19(14)18(23(17)3)12-22(2)26-4/h5-10,21,24-25H,11-12H2,1-4H3/q+1. The highest BCUT2D eigenvalue weighted by molar-refractivity contribution is 6.62. The fourth-order valence-electron chi connectivity index (χ4n) is 3.51. The maximum absolute atomic E-state index is 9.93. The fraction of sp³-hybridized carbons (Fsp3) is 0.316. The molecule has 0 saturated carbocycles. The molecule has 2 aromatic carbocycles. The summed E-state index contributed by atoms with van der Waals surface area (Å²) in [4.78, 5) is 5.31. The Labute approximate surface area is 153 Å². The second kappa shape index (κ2) is 7.69. The van der Waals surface area contributed by atoms with Gasteiger partial charge in [-0.3, -0.25) is 0 Å². The lowest BCUT2D eigenvalue weighted by atomic mass is 9.76. The first-order valence-electron chi connectivity index (χ1n) is 8.60. The lowest BCUT2D eigenvalue weighted by molar-refractivity contribution is -0.653. The van der Waals surface area contributed by atoms with Crippen molar-refractivity contribution in [3.05, 3.63) is 47.7 Å². The Kier molecular flexibility index (Phi) is 5.55. The highest BCUT2D eigenvalue weighted by Crippen LogP contribution is 2.26. The first-order chi connectivity index (χ1) is 12.5. The third kappa shape index (κ3) is 3.32. The molecular formula is C19H25BN3O3+. The molecule has 26 heavy (non-hydrogen) atoms. The van der Waals surface area contributed by atoms with Crippen molar-refractivity contribution in [1.29, 1.82) is 0 Å². The SMILES string of the molecule is CNCc1ccc2c(c1)c1cccc(B(O)O)c1c(CN(C)OC)[n+]2C. The van der Waals surface area contributed by atoms with Gasteiger partial charge in [-0.15, -0.1) is 0 Å². The van der Waals surface area contributed by atoms with Crippen LogP contribution in [0, 0.1) is 0 Å². The molecule has 0 amide bonds. The molecule has 0 aliphatic heterocycles. The number of fused-ring (bicyclic) bond motifs is 3. The molecule has 3 aromatic rings. The van der Waals surface area contributed by atoms with Crippen molar-refractivity contribution < 1.29 is 19.5 Å². The van der Waals surface area contributed by atoms with E-state index in [2.05, 4.69) is 28.1 Å². The minimum atomic E-state index is -1.54. The van der Waals surface area contributed by atoms with Crippen LogP contribution < -0.4 is 15.3 Å². The number of aryl methyl sites for hydroxylation is 1. The molecule has 3 N–H and O–H groups in total. The van der Waals surface area contributed by atoms with E-state index in [0.29, 0.717) is 12.0 Å². The van der Waals surface area contributed by atoms with Gasteiger partial charge in [-0.1, -0.05) is 24.3 Å². The molecule has 0 atom stereocenters. The number of hydroxylamine groups is 2. The molecule has 0 unspecified atom stereocenters. The van der Waals surface area contributed by atoms with Crippen molar-refractivity contribution in [1.82, 2.24) is 10.4 Å². The molecule has 0 spiro atoms. The summed E-state index contributed by atoms with van der Waals surface area (Å²) in [7, 11) is 5.85. The van der Waals surface area contributed by atoms with Gasteiger partial charge in [0.25, 0.3) is 0 Å². The zero-order chi connectivity index (χ0) is 18.8. The molecule has 0 aliphatic rings. The lowest BCUT2D eigenvalue weighted by Gasteiger charge is -2.17. The number of rotatable bonds is 6. The predicted molar refractivity (Wildman–Crippen MR) is 104 cm³/mol. The molecule has 1 heterocycles. The normalized spacial score (nSPS) is 11.7. The number of nitrogens with zero attached hydrogens (tertiary/aromatic N) is 2. The summed E-state index contributed by atoms with van der Waals surface area (Å²) >= 11 is 0. The van der Waals surface area contributed by atoms with Gasteiger partial charge in [0, 0.05) is 25.0 Å². The van der Waals surface area contributed by atoms with Crippen LogP contribution in [0.4, 0.5) is 0 Å². The highest BCUT2D eigenvalue weighted by atomic mass is 16.7. The molecule has 3 rings (SSSR count). The van der Waals surface area contributed by atoms with Crippen LogP contribution in [0.5, 0.6) is 0 Å². The maximum atomic E-state index is 9.93. The predicted octanol–water partition coefficient (Wildman–Crippen LogP) is 0.210. The Morgan fingerprint density at radius 2 is 1.96 bits per heavy atom. The Morgan fingerprint density at radius 1 is 1.19 bits per heavy atom. The fourth-order valence-corrected chi connectivity index (χ4v) is 3.51. The van der Waals surface area contributed by atoms with Gasteiger partial charge in [0.15, 0.2) is 0 Å². The average Bonchev–Trinajstić information content (AvgIpc) is 2.64. The molecule has 0 radical (unpaired) electrons. The van der Waals surface area contributed by atoms with Crippen molar-refractivity contribution in [2.24, 2.45) is 7.05 Å². The van der Waals surface area contributed by atoms with Crippen LogP contribution in [0.1, 0.15) is 11.3 Å². The largest absolute Gasteiger partial charge is 0.489 e. The van der Waals surface area contributed by atoms with Crippen molar-refractivity contribution in [3.8, 4) is 0 Å². The minimum absolute atomic E-state index is 0.499. The molecule has 6 nitrogen and oxygen atoms in total. The van der Waals surface area contributed by atoms with Crippen LogP contribution in [-0.4, -0.2) is 43.4 Å². The smallest absolute Gasteiger partial charge is 0.423 e. The summed E-state index contributed by atoms with van der Waals surface area (Å²) < 4.78 is 2.10. The molecule has 0 saturated heterocycles. The molecule has 0 fully saturated rings. The van der Waals surface area contributed by atoms with E-state index in [4.69, 9.17) is 4.84 Å². The Morgan fingerprint density at radius 3 is 2.62 bits per heavy atom. The van der Waals surface area contributed by atoms with Crippen LogP contribution in [0.3, 0.4) is 0 Å². The molecule has 7 heteroatoms. The zero-order valence-electron chi connectivity index (χ0n) is 15.7. The Hall–Kier alpha value is -2.03. The first-order valence-corrected chi connectivity index (χ1v) is 8.60. The van der Waals surface area contributed by atoms with E-state index >= 15 is 0 Å². The van der Waals surface area contributed by atoms with E-state index in [0.717, 1.165) is 33.9 Å². The Balaban J connectivity index is 2.42. The Bertz CT molecular complexity index is 946. The number of aromatic nitrogens is 1. The summed E-state index contributed by atoms with van der Waals surface area (Å²) in [5, 5.41) is 27.7. The number of hydrogen-bond donors (Lipinski definition) is 3. The van der Waals surface area contributed by atoms with Gasteiger partial charge in [-0.05, 0) is 24.1 Å². The van der Waals surface area contributed by atoms with Gasteiger partial charge in [0.05, 0.1) is 17.9 Å². The van der Waals surface area contributed by atoms with Crippen LogP contribution in [0.25, 0.3) is 21.7 Å². The van der Waals surface area contributed by atoms with Crippen molar-refractivity contribution >= 4 is 34.3 Å². The van der Waals surface area contributed by atoms with E-state index in [9.17, 15) is 10.0 Å². The van der Waals surface area contributed by atoms with Crippen LogP contribution >= 0.6 is 0 Å². The topological polar surface area (TPSA) is 68.8 Å². The van der Waals surface area contributed by atoms with Gasteiger partial charge in [0.1, 0.15) is 13.6 Å². The van der Waals surface area contributed by atoms with E-state index in [1.807, 2.05) is 33.3 Å². The van der Waals surface area contributed by atoms with Crippen molar-refractivity contribution in [2.45, 2.75) is 13.1 Å². The molecule has 1 aromatic heterocycles. The third-order valence-corrected chi connectivity index (χ3v) is 4.85. The minimum Gasteiger partial charge on any atom is -0.423 e. The molecule has 0 aliphatic carbocycles. The van der Waals surface area contributed by atoms with E-state index in [-0.39, 0.29) is 0 Å². The van der Waals surface area contributed by atoms with Crippen molar-refractivity contribution in [2.75, 3.05) is 21.2 Å². The average molecular weight is 354 g/mol. The van der Waals surface area contributed by atoms with E-state index in [1.54, 1.807) is 18.2 Å². The summed E-state index contributed by atoms with van der Waals surface area (Å²) in [6.07, 6.45) is 0. The molecule has 136 valence electrons. The first kappa shape index (κ1) is 18.8. The highest BCUT2D eigenvalue weighted by Gasteiger charge is 2.26. The van der Waals surface area contributed by atoms with E-state index in [1.165, 1.54) is 5.56 Å². The van der Waals surface area contributed by atoms with E-state index < -0.39 is 7.12 Å². The van der Waals surface area contributed by atoms with Gasteiger partial charge in [0.2, 0.25) is 11.2 Å². The van der Waals surface area contributed by atoms with Crippen molar-refractivity contribution in [3.63, 3.8) is 0 Å².